The van der Waals surface area contributed by atoms with Gasteiger partial charge in [0.2, 0.25) is 0 Å². The van der Waals surface area contributed by atoms with Gasteiger partial charge in [-0.25, -0.2) is 4.68 Å². The highest BCUT2D eigenvalue weighted by Gasteiger charge is 2.13. The van der Waals surface area contributed by atoms with E-state index < -0.39 is 0 Å². The lowest BCUT2D eigenvalue weighted by Gasteiger charge is -2.09. The second kappa shape index (κ2) is 9.43. The van der Waals surface area contributed by atoms with Crippen molar-refractivity contribution in [3.63, 3.8) is 0 Å². The van der Waals surface area contributed by atoms with Crippen LogP contribution in [0, 0.1) is 20.8 Å². The van der Waals surface area contributed by atoms with E-state index in [2.05, 4.69) is 16.5 Å². The SMILES string of the molecule is Cc1cccc(OCc2ccc(C(=O)Nc3cnn(COc4ccc(C)cc4C)c3)o2)c1. The molecule has 1 N–H and O–H groups in total. The summed E-state index contributed by atoms with van der Waals surface area (Å²) in [4.78, 5) is 12.5. The Morgan fingerprint density at radius 2 is 1.88 bits per heavy atom. The van der Waals surface area contributed by atoms with Gasteiger partial charge in [0.05, 0.1) is 18.1 Å². The van der Waals surface area contributed by atoms with Crippen LogP contribution in [0.3, 0.4) is 0 Å². The van der Waals surface area contributed by atoms with E-state index in [1.165, 1.54) is 5.56 Å². The van der Waals surface area contributed by atoms with Gasteiger partial charge in [0.25, 0.3) is 5.91 Å². The Morgan fingerprint density at radius 3 is 2.69 bits per heavy atom. The van der Waals surface area contributed by atoms with E-state index in [1.807, 2.05) is 57.2 Å². The van der Waals surface area contributed by atoms with Crippen molar-refractivity contribution in [2.75, 3.05) is 5.32 Å². The minimum absolute atomic E-state index is 0.201. The van der Waals surface area contributed by atoms with Crippen LogP contribution < -0.4 is 14.8 Å². The zero-order valence-corrected chi connectivity index (χ0v) is 18.3. The van der Waals surface area contributed by atoms with Crippen molar-refractivity contribution in [1.29, 1.82) is 0 Å². The first-order valence-corrected chi connectivity index (χ1v) is 10.3. The lowest BCUT2D eigenvalue weighted by atomic mass is 10.1. The first-order valence-electron chi connectivity index (χ1n) is 10.3. The Hall–Kier alpha value is -4.00. The minimum Gasteiger partial charge on any atom is -0.486 e. The van der Waals surface area contributed by atoms with Crippen molar-refractivity contribution >= 4 is 11.6 Å². The lowest BCUT2D eigenvalue weighted by Crippen LogP contribution is -2.10. The Labute approximate surface area is 186 Å². The molecule has 0 bridgehead atoms. The molecule has 164 valence electrons. The topological polar surface area (TPSA) is 78.5 Å². The maximum absolute atomic E-state index is 12.5. The number of hydrogen-bond acceptors (Lipinski definition) is 5. The fourth-order valence-corrected chi connectivity index (χ4v) is 3.23. The highest BCUT2D eigenvalue weighted by Crippen LogP contribution is 2.20. The smallest absolute Gasteiger partial charge is 0.291 e. The number of hydrogen-bond donors (Lipinski definition) is 1. The van der Waals surface area contributed by atoms with E-state index in [0.717, 1.165) is 22.6 Å². The van der Waals surface area contributed by atoms with Gasteiger partial charge in [-0.2, -0.15) is 5.10 Å². The second-order valence-electron chi connectivity index (χ2n) is 7.64. The molecule has 0 aliphatic heterocycles. The summed E-state index contributed by atoms with van der Waals surface area (Å²) in [5, 5.41) is 7.00. The van der Waals surface area contributed by atoms with E-state index >= 15 is 0 Å². The summed E-state index contributed by atoms with van der Waals surface area (Å²) in [6.07, 6.45) is 3.26. The van der Waals surface area contributed by atoms with Gasteiger partial charge in [-0.1, -0.05) is 29.8 Å². The van der Waals surface area contributed by atoms with Crippen LogP contribution in [0.2, 0.25) is 0 Å². The highest BCUT2D eigenvalue weighted by molar-refractivity contribution is 6.02. The minimum atomic E-state index is -0.360. The molecule has 0 spiro atoms. The van der Waals surface area contributed by atoms with E-state index in [4.69, 9.17) is 13.9 Å². The molecule has 0 aliphatic rings. The third-order valence-corrected chi connectivity index (χ3v) is 4.83. The molecule has 1 amide bonds. The Kier molecular flexibility index (Phi) is 6.26. The van der Waals surface area contributed by atoms with Crippen molar-refractivity contribution in [3.8, 4) is 11.5 Å². The van der Waals surface area contributed by atoms with E-state index in [1.54, 1.807) is 29.2 Å². The number of carbonyl (C=O) groups excluding carboxylic acids is 1. The van der Waals surface area contributed by atoms with Crippen molar-refractivity contribution in [1.82, 2.24) is 9.78 Å². The molecule has 0 aliphatic carbocycles. The van der Waals surface area contributed by atoms with Gasteiger partial charge >= 0.3 is 0 Å². The molecule has 4 aromatic rings. The summed E-state index contributed by atoms with van der Waals surface area (Å²) in [6.45, 7) is 6.52. The number of nitrogens with zero attached hydrogens (tertiary/aromatic N) is 2. The van der Waals surface area contributed by atoms with Crippen LogP contribution in [0.15, 0.2) is 71.4 Å². The number of benzene rings is 2. The van der Waals surface area contributed by atoms with Gasteiger partial charge in [0.15, 0.2) is 12.5 Å². The maximum Gasteiger partial charge on any atom is 0.291 e. The fourth-order valence-electron chi connectivity index (χ4n) is 3.23. The van der Waals surface area contributed by atoms with Crippen LogP contribution in [0.4, 0.5) is 5.69 Å². The first kappa shape index (κ1) is 21.2. The molecular formula is C25H25N3O4. The van der Waals surface area contributed by atoms with Crippen LogP contribution in [-0.2, 0) is 13.3 Å². The highest BCUT2D eigenvalue weighted by atomic mass is 16.5. The summed E-state index contributed by atoms with van der Waals surface area (Å²) in [6, 6.07) is 17.1. The third-order valence-electron chi connectivity index (χ3n) is 4.83. The molecule has 2 aromatic heterocycles. The van der Waals surface area contributed by atoms with Gasteiger partial charge in [0, 0.05) is 0 Å². The zero-order valence-electron chi connectivity index (χ0n) is 18.3. The van der Waals surface area contributed by atoms with Gasteiger partial charge in [-0.3, -0.25) is 4.79 Å². The molecule has 2 aromatic carbocycles. The van der Waals surface area contributed by atoms with Crippen molar-refractivity contribution in [3.05, 3.63) is 95.2 Å². The monoisotopic (exact) mass is 431 g/mol. The standard InChI is InChI=1S/C25H25N3O4/c1-17-5-4-6-21(12-17)30-15-22-8-10-24(32-22)25(29)27-20-13-26-28(14-20)16-31-23-9-7-18(2)11-19(23)3/h4-14H,15-16H2,1-3H3,(H,27,29). The number of aryl methyl sites for hydroxylation is 3. The number of carbonyl (C=O) groups is 1. The molecule has 7 nitrogen and oxygen atoms in total. The molecule has 4 rings (SSSR count). The molecule has 2 heterocycles. The number of anilines is 1. The molecule has 0 atom stereocenters. The number of aromatic nitrogens is 2. The van der Waals surface area contributed by atoms with Gasteiger partial charge in [-0.15, -0.1) is 0 Å². The van der Waals surface area contributed by atoms with E-state index in [0.29, 0.717) is 11.4 Å². The fraction of sp³-hybridized carbons (Fsp3) is 0.200. The van der Waals surface area contributed by atoms with Crippen LogP contribution in [-0.4, -0.2) is 15.7 Å². The lowest BCUT2D eigenvalue weighted by molar-refractivity contribution is 0.0992. The summed E-state index contributed by atoms with van der Waals surface area (Å²) < 4.78 is 18.7. The van der Waals surface area contributed by atoms with Crippen LogP contribution in [0.25, 0.3) is 0 Å². The predicted octanol–water partition coefficient (Wildman–Crippen LogP) is 5.27. The molecule has 0 unspecified atom stereocenters. The number of ether oxygens (including phenoxy) is 2. The Bertz CT molecular complexity index is 1230. The van der Waals surface area contributed by atoms with Crippen LogP contribution >= 0.6 is 0 Å². The van der Waals surface area contributed by atoms with Gasteiger partial charge in [-0.05, 0) is 62.2 Å². The Balaban J connectivity index is 1.30. The van der Waals surface area contributed by atoms with E-state index in [-0.39, 0.29) is 25.0 Å². The number of nitrogens with one attached hydrogen (secondary N) is 1. The quantitative estimate of drug-likeness (QED) is 0.411. The molecule has 7 heteroatoms. The van der Waals surface area contributed by atoms with Crippen molar-refractivity contribution in [2.24, 2.45) is 0 Å². The molecule has 0 fully saturated rings. The van der Waals surface area contributed by atoms with Crippen LogP contribution in [0.1, 0.15) is 33.0 Å². The normalized spacial score (nSPS) is 10.7. The average Bonchev–Trinajstić information content (AvgIpc) is 3.41. The summed E-state index contributed by atoms with van der Waals surface area (Å²) in [7, 11) is 0. The molecule has 0 saturated heterocycles. The maximum atomic E-state index is 12.5. The summed E-state index contributed by atoms with van der Waals surface area (Å²) >= 11 is 0. The van der Waals surface area contributed by atoms with E-state index in [9.17, 15) is 4.79 Å². The Morgan fingerprint density at radius 1 is 1.03 bits per heavy atom. The molecular weight excluding hydrogens is 406 g/mol. The van der Waals surface area contributed by atoms with Gasteiger partial charge < -0.3 is 19.2 Å². The number of amides is 1. The van der Waals surface area contributed by atoms with Crippen LogP contribution in [0.5, 0.6) is 11.5 Å². The largest absolute Gasteiger partial charge is 0.486 e. The van der Waals surface area contributed by atoms with Gasteiger partial charge in [0.1, 0.15) is 23.9 Å². The first-order chi connectivity index (χ1) is 15.5. The molecule has 32 heavy (non-hydrogen) atoms. The third kappa shape index (κ3) is 5.37. The number of furan rings is 1. The zero-order chi connectivity index (χ0) is 22.5. The van der Waals surface area contributed by atoms with Crippen molar-refractivity contribution in [2.45, 2.75) is 34.1 Å². The predicted molar refractivity (Wildman–Crippen MR) is 121 cm³/mol. The summed E-state index contributed by atoms with van der Waals surface area (Å²) in [5.74, 6) is 1.96. The number of rotatable bonds is 8. The van der Waals surface area contributed by atoms with Crippen molar-refractivity contribution < 1.29 is 18.7 Å². The average molecular weight is 431 g/mol. The second-order valence-corrected chi connectivity index (χ2v) is 7.64. The molecule has 0 saturated carbocycles. The summed E-state index contributed by atoms with van der Waals surface area (Å²) in [5.41, 5.74) is 3.91. The molecule has 0 radical (unpaired) electrons.